The zero-order chi connectivity index (χ0) is 13.8. The van der Waals surface area contributed by atoms with E-state index in [-0.39, 0.29) is 12.0 Å². The van der Waals surface area contributed by atoms with Gasteiger partial charge in [0.25, 0.3) is 0 Å². The van der Waals surface area contributed by atoms with Crippen LogP contribution in [-0.2, 0) is 14.3 Å². The molecule has 0 saturated carbocycles. The Balaban J connectivity index is 1.87. The molecular weight excluding hydrogens is 248 g/mol. The molecule has 2 aliphatic rings. The van der Waals surface area contributed by atoms with E-state index in [0.29, 0.717) is 25.3 Å². The van der Waals surface area contributed by atoms with Crippen molar-refractivity contribution in [1.29, 1.82) is 0 Å². The van der Waals surface area contributed by atoms with Gasteiger partial charge in [-0.2, -0.15) is 0 Å². The number of aliphatic carboxylic acids is 1. The van der Waals surface area contributed by atoms with Gasteiger partial charge in [0, 0.05) is 26.5 Å². The summed E-state index contributed by atoms with van der Waals surface area (Å²) >= 11 is 0. The van der Waals surface area contributed by atoms with Crippen molar-refractivity contribution >= 4 is 11.9 Å². The molecule has 0 spiro atoms. The normalized spacial score (nSPS) is 30.8. The number of likely N-dealkylation sites (tertiary alicyclic amines) is 1. The summed E-state index contributed by atoms with van der Waals surface area (Å²) < 4.78 is 5.18. The number of carboxylic acid groups (broad SMARTS) is 1. The molecule has 6 nitrogen and oxygen atoms in total. The molecule has 0 aromatic heterocycles. The Morgan fingerprint density at radius 3 is 2.84 bits per heavy atom. The zero-order valence-corrected chi connectivity index (χ0v) is 11.3. The Labute approximate surface area is 113 Å². The lowest BCUT2D eigenvalue weighted by Crippen LogP contribution is -2.40. The van der Waals surface area contributed by atoms with Gasteiger partial charge >= 0.3 is 5.97 Å². The summed E-state index contributed by atoms with van der Waals surface area (Å²) in [4.78, 5) is 24.8. The van der Waals surface area contributed by atoms with Crippen LogP contribution >= 0.6 is 0 Å². The van der Waals surface area contributed by atoms with E-state index in [0.717, 1.165) is 25.9 Å². The smallest absolute Gasteiger partial charge is 0.326 e. The van der Waals surface area contributed by atoms with Gasteiger partial charge in [-0.1, -0.05) is 0 Å². The van der Waals surface area contributed by atoms with E-state index < -0.39 is 12.0 Å². The average Bonchev–Trinajstić information content (AvgIpc) is 3.04. The molecule has 0 aromatic carbocycles. The number of rotatable bonds is 5. The molecule has 0 radical (unpaired) electrons. The Bertz CT molecular complexity index is 342. The molecule has 3 unspecified atom stereocenters. The molecule has 0 aliphatic carbocycles. The van der Waals surface area contributed by atoms with Crippen molar-refractivity contribution in [1.82, 2.24) is 10.2 Å². The third-order valence-electron chi connectivity index (χ3n) is 4.13. The molecule has 19 heavy (non-hydrogen) atoms. The van der Waals surface area contributed by atoms with Crippen molar-refractivity contribution in [2.24, 2.45) is 5.92 Å². The highest BCUT2D eigenvalue weighted by Crippen LogP contribution is 2.23. The highest BCUT2D eigenvalue weighted by atomic mass is 16.5. The molecule has 2 rings (SSSR count). The number of hydrogen-bond acceptors (Lipinski definition) is 4. The van der Waals surface area contributed by atoms with E-state index in [1.165, 1.54) is 4.90 Å². The van der Waals surface area contributed by atoms with Crippen LogP contribution in [0.1, 0.15) is 25.7 Å². The van der Waals surface area contributed by atoms with E-state index in [1.807, 2.05) is 0 Å². The monoisotopic (exact) mass is 270 g/mol. The summed E-state index contributed by atoms with van der Waals surface area (Å²) in [5.74, 6) is -0.442. The predicted octanol–water partition coefficient (Wildman–Crippen LogP) is 0.0766. The van der Waals surface area contributed by atoms with Crippen LogP contribution in [0, 0.1) is 5.92 Å². The SMILES string of the molecule is COC1CC(C(=O)O)N(C(=O)CCC2CCNC2)C1. The highest BCUT2D eigenvalue weighted by Gasteiger charge is 2.39. The maximum absolute atomic E-state index is 12.2. The molecule has 108 valence electrons. The Kier molecular flexibility index (Phi) is 4.76. The predicted molar refractivity (Wildman–Crippen MR) is 68.8 cm³/mol. The van der Waals surface area contributed by atoms with Crippen molar-refractivity contribution in [2.45, 2.75) is 37.8 Å². The third kappa shape index (κ3) is 3.45. The summed E-state index contributed by atoms with van der Waals surface area (Å²) in [6.07, 6.45) is 2.62. The summed E-state index contributed by atoms with van der Waals surface area (Å²) in [7, 11) is 1.56. The first-order chi connectivity index (χ1) is 9.11. The van der Waals surface area contributed by atoms with Gasteiger partial charge in [-0.25, -0.2) is 4.79 Å². The molecule has 2 aliphatic heterocycles. The molecule has 6 heteroatoms. The number of nitrogens with zero attached hydrogens (tertiary/aromatic N) is 1. The fraction of sp³-hybridized carbons (Fsp3) is 0.846. The topological polar surface area (TPSA) is 78.9 Å². The van der Waals surface area contributed by atoms with E-state index in [4.69, 9.17) is 9.84 Å². The number of nitrogens with one attached hydrogen (secondary N) is 1. The van der Waals surface area contributed by atoms with Crippen LogP contribution in [0.4, 0.5) is 0 Å². The number of methoxy groups -OCH3 is 1. The molecular formula is C13H22N2O4. The summed E-state index contributed by atoms with van der Waals surface area (Å²) in [6.45, 7) is 2.39. The van der Waals surface area contributed by atoms with Gasteiger partial charge < -0.3 is 20.1 Å². The second-order valence-corrected chi connectivity index (χ2v) is 5.39. The van der Waals surface area contributed by atoms with Crippen LogP contribution in [0.5, 0.6) is 0 Å². The summed E-state index contributed by atoms with van der Waals surface area (Å²) in [6, 6.07) is -0.723. The lowest BCUT2D eigenvalue weighted by atomic mass is 10.0. The second kappa shape index (κ2) is 6.34. The van der Waals surface area contributed by atoms with Crippen molar-refractivity contribution in [3.8, 4) is 0 Å². The first-order valence-corrected chi connectivity index (χ1v) is 6.87. The fourth-order valence-electron chi connectivity index (χ4n) is 2.91. The lowest BCUT2D eigenvalue weighted by molar-refractivity contribution is -0.148. The number of amides is 1. The van der Waals surface area contributed by atoms with Gasteiger partial charge in [0.15, 0.2) is 0 Å². The van der Waals surface area contributed by atoms with Gasteiger partial charge in [0.1, 0.15) is 6.04 Å². The molecule has 1 amide bonds. The van der Waals surface area contributed by atoms with Crippen LogP contribution in [0.25, 0.3) is 0 Å². The van der Waals surface area contributed by atoms with Gasteiger partial charge in [0.05, 0.1) is 6.10 Å². The maximum Gasteiger partial charge on any atom is 0.326 e. The molecule has 2 fully saturated rings. The molecule has 0 aromatic rings. The van der Waals surface area contributed by atoms with Gasteiger partial charge in [-0.15, -0.1) is 0 Å². The largest absolute Gasteiger partial charge is 0.480 e. The Hall–Kier alpha value is -1.14. The lowest BCUT2D eigenvalue weighted by Gasteiger charge is -2.21. The minimum atomic E-state index is -0.935. The van der Waals surface area contributed by atoms with Crippen molar-refractivity contribution in [3.63, 3.8) is 0 Å². The van der Waals surface area contributed by atoms with Gasteiger partial charge in [-0.3, -0.25) is 4.79 Å². The molecule has 2 N–H and O–H groups in total. The summed E-state index contributed by atoms with van der Waals surface area (Å²) in [5, 5.41) is 12.4. The molecule has 2 heterocycles. The standard InChI is InChI=1S/C13H22N2O4/c1-19-10-6-11(13(17)18)15(8-10)12(16)3-2-9-4-5-14-7-9/h9-11,14H,2-8H2,1H3,(H,17,18). The summed E-state index contributed by atoms with van der Waals surface area (Å²) in [5.41, 5.74) is 0. The highest BCUT2D eigenvalue weighted by molar-refractivity contribution is 5.84. The van der Waals surface area contributed by atoms with Crippen LogP contribution in [0.2, 0.25) is 0 Å². The molecule has 0 bridgehead atoms. The Morgan fingerprint density at radius 1 is 1.47 bits per heavy atom. The van der Waals surface area contributed by atoms with Crippen LogP contribution in [-0.4, -0.2) is 60.8 Å². The van der Waals surface area contributed by atoms with Crippen molar-refractivity contribution in [3.05, 3.63) is 0 Å². The number of hydrogen-bond donors (Lipinski definition) is 2. The average molecular weight is 270 g/mol. The van der Waals surface area contributed by atoms with Gasteiger partial charge in [-0.05, 0) is 31.8 Å². The number of ether oxygens (including phenoxy) is 1. The molecule has 3 atom stereocenters. The minimum Gasteiger partial charge on any atom is -0.480 e. The van der Waals surface area contributed by atoms with E-state index in [1.54, 1.807) is 7.11 Å². The first-order valence-electron chi connectivity index (χ1n) is 6.87. The van der Waals surface area contributed by atoms with Crippen LogP contribution in [0.15, 0.2) is 0 Å². The van der Waals surface area contributed by atoms with Crippen LogP contribution in [0.3, 0.4) is 0 Å². The van der Waals surface area contributed by atoms with Crippen molar-refractivity contribution < 1.29 is 19.4 Å². The van der Waals surface area contributed by atoms with Crippen LogP contribution < -0.4 is 5.32 Å². The van der Waals surface area contributed by atoms with E-state index in [2.05, 4.69) is 5.32 Å². The second-order valence-electron chi connectivity index (χ2n) is 5.39. The van der Waals surface area contributed by atoms with Gasteiger partial charge in [0.2, 0.25) is 5.91 Å². The third-order valence-corrected chi connectivity index (χ3v) is 4.13. The number of carboxylic acids is 1. The van der Waals surface area contributed by atoms with E-state index in [9.17, 15) is 9.59 Å². The number of carbonyl (C=O) groups excluding carboxylic acids is 1. The minimum absolute atomic E-state index is 0.0566. The molecule has 2 saturated heterocycles. The number of carbonyl (C=O) groups is 2. The zero-order valence-electron chi connectivity index (χ0n) is 11.3. The van der Waals surface area contributed by atoms with Crippen molar-refractivity contribution in [2.75, 3.05) is 26.7 Å². The fourth-order valence-corrected chi connectivity index (χ4v) is 2.91. The van der Waals surface area contributed by atoms with E-state index >= 15 is 0 Å². The first kappa shape index (κ1) is 14.3. The maximum atomic E-state index is 12.2. The Morgan fingerprint density at radius 2 is 2.26 bits per heavy atom. The quantitative estimate of drug-likeness (QED) is 0.739.